The monoisotopic (exact) mass is 464 g/mol. The van der Waals surface area contributed by atoms with Crippen molar-refractivity contribution in [2.45, 2.75) is 52.7 Å². The highest BCUT2D eigenvalue weighted by Crippen LogP contribution is 2.53. The van der Waals surface area contributed by atoms with Gasteiger partial charge in [-0.3, -0.25) is 14.3 Å². The normalized spacial score (nSPS) is 24.7. The number of carbonyl (C=O) groups is 1. The minimum atomic E-state index is -0.480. The van der Waals surface area contributed by atoms with Crippen molar-refractivity contribution >= 4 is 34.1 Å². The number of nitrogens with zero attached hydrogens (tertiary/aromatic N) is 4. The van der Waals surface area contributed by atoms with Gasteiger partial charge in [0.25, 0.3) is 5.91 Å². The van der Waals surface area contributed by atoms with Gasteiger partial charge in [-0.05, 0) is 60.4 Å². The number of azo groups is 1. The number of hydrogen-bond acceptors (Lipinski definition) is 4. The molecule has 1 saturated heterocycles. The summed E-state index contributed by atoms with van der Waals surface area (Å²) < 4.78 is 1.90. The van der Waals surface area contributed by atoms with E-state index in [1.54, 1.807) is 24.3 Å². The first kappa shape index (κ1) is 22.1. The summed E-state index contributed by atoms with van der Waals surface area (Å²) in [5.74, 6) is -0.443. The van der Waals surface area contributed by atoms with Gasteiger partial charge in [-0.2, -0.15) is 0 Å². The van der Waals surface area contributed by atoms with Crippen molar-refractivity contribution in [2.24, 2.45) is 21.1 Å². The molecule has 0 radical (unpaired) electrons. The lowest BCUT2D eigenvalue weighted by Crippen LogP contribution is -2.35. The molecule has 7 heteroatoms. The SMILES string of the molecule is CC1(C)C[C@H]2C[C@](C)(CN2Cn2c(O)c(N=NC(=O)c3ccc(Cl)cc3)c3ccccc32)C1. The third kappa shape index (κ3) is 4.18. The molecular weight excluding hydrogens is 436 g/mol. The van der Waals surface area contributed by atoms with E-state index in [1.807, 2.05) is 28.8 Å². The van der Waals surface area contributed by atoms with E-state index in [9.17, 15) is 9.90 Å². The Morgan fingerprint density at radius 2 is 1.85 bits per heavy atom. The first-order valence-electron chi connectivity index (χ1n) is 11.4. The fraction of sp³-hybridized carbons (Fsp3) is 0.423. The molecule has 1 aromatic heterocycles. The molecule has 1 aliphatic carbocycles. The standard InChI is InChI=1S/C26H29ClN4O2/c1-25(2)12-19-13-26(3,14-25)15-30(19)16-31-21-7-5-4-6-20(21)22(24(31)33)28-29-23(32)17-8-10-18(27)11-9-17/h4-11,19,33H,12-16H2,1-3H3/t19-,26-/m0/s1. The maximum atomic E-state index is 12.5. The van der Waals surface area contributed by atoms with E-state index in [-0.39, 0.29) is 5.88 Å². The highest BCUT2D eigenvalue weighted by molar-refractivity contribution is 6.30. The number of fused-ring (bicyclic) bond motifs is 3. The minimum Gasteiger partial charge on any atom is -0.493 e. The second-order valence-electron chi connectivity index (χ2n) is 10.7. The van der Waals surface area contributed by atoms with Crippen LogP contribution in [-0.2, 0) is 6.67 Å². The van der Waals surface area contributed by atoms with Crippen LogP contribution < -0.4 is 0 Å². The van der Waals surface area contributed by atoms with Crippen LogP contribution >= 0.6 is 11.6 Å². The Kier molecular flexibility index (Phi) is 5.33. The van der Waals surface area contributed by atoms with Crippen molar-refractivity contribution in [3.8, 4) is 5.88 Å². The van der Waals surface area contributed by atoms with Crippen LogP contribution in [0.3, 0.4) is 0 Å². The van der Waals surface area contributed by atoms with Crippen molar-refractivity contribution in [1.82, 2.24) is 9.47 Å². The molecule has 1 aliphatic heterocycles. The number of carbonyl (C=O) groups excluding carboxylic acids is 1. The number of benzene rings is 2. The molecule has 5 rings (SSSR count). The molecule has 0 unspecified atom stereocenters. The summed E-state index contributed by atoms with van der Waals surface area (Å²) in [6.07, 6.45) is 3.57. The third-order valence-corrected chi connectivity index (χ3v) is 7.35. The van der Waals surface area contributed by atoms with Crippen molar-refractivity contribution in [3.63, 3.8) is 0 Å². The summed E-state index contributed by atoms with van der Waals surface area (Å²) in [6.45, 7) is 8.71. The summed E-state index contributed by atoms with van der Waals surface area (Å²) in [6, 6.07) is 14.7. The van der Waals surface area contributed by atoms with Crippen LogP contribution in [0.15, 0.2) is 58.8 Å². The molecule has 33 heavy (non-hydrogen) atoms. The van der Waals surface area contributed by atoms with Crippen LogP contribution in [0.2, 0.25) is 5.02 Å². The highest BCUT2D eigenvalue weighted by atomic mass is 35.5. The van der Waals surface area contributed by atoms with Crippen molar-refractivity contribution in [2.75, 3.05) is 6.54 Å². The van der Waals surface area contributed by atoms with Gasteiger partial charge in [-0.25, -0.2) is 0 Å². The van der Waals surface area contributed by atoms with Gasteiger partial charge in [0.05, 0.1) is 12.2 Å². The van der Waals surface area contributed by atoms with E-state index in [4.69, 9.17) is 11.6 Å². The van der Waals surface area contributed by atoms with Gasteiger partial charge in [-0.1, -0.05) is 50.6 Å². The summed E-state index contributed by atoms with van der Waals surface area (Å²) in [5.41, 5.74) is 2.23. The zero-order chi connectivity index (χ0) is 23.4. The van der Waals surface area contributed by atoms with Crippen LogP contribution in [-0.4, -0.2) is 33.1 Å². The molecule has 2 bridgehead atoms. The smallest absolute Gasteiger partial charge is 0.295 e. The zero-order valence-corrected chi connectivity index (χ0v) is 20.0. The minimum absolute atomic E-state index is 0.0368. The Bertz CT molecular complexity index is 1250. The maximum absolute atomic E-state index is 12.5. The van der Waals surface area contributed by atoms with E-state index in [0.717, 1.165) is 23.9 Å². The fourth-order valence-electron chi connectivity index (χ4n) is 6.18. The number of likely N-dealkylation sites (tertiary alicyclic amines) is 1. The average Bonchev–Trinajstić information content (AvgIpc) is 3.15. The fourth-order valence-corrected chi connectivity index (χ4v) is 6.31. The third-order valence-electron chi connectivity index (χ3n) is 7.10. The summed E-state index contributed by atoms with van der Waals surface area (Å²) in [7, 11) is 0. The lowest BCUT2D eigenvalue weighted by Gasteiger charge is -2.40. The molecule has 2 heterocycles. The van der Waals surface area contributed by atoms with Gasteiger partial charge in [-0.15, -0.1) is 10.2 Å². The van der Waals surface area contributed by atoms with E-state index in [0.29, 0.717) is 39.8 Å². The predicted octanol–water partition coefficient (Wildman–Crippen LogP) is 6.78. The lowest BCUT2D eigenvalue weighted by atomic mass is 9.65. The average molecular weight is 465 g/mol. The van der Waals surface area contributed by atoms with E-state index >= 15 is 0 Å². The van der Waals surface area contributed by atoms with Crippen molar-refractivity contribution < 1.29 is 9.90 Å². The largest absolute Gasteiger partial charge is 0.493 e. The van der Waals surface area contributed by atoms with Crippen LogP contribution in [0.4, 0.5) is 5.69 Å². The van der Waals surface area contributed by atoms with Gasteiger partial charge >= 0.3 is 0 Å². The Hall–Kier alpha value is -2.70. The number of hydrogen-bond donors (Lipinski definition) is 1. The van der Waals surface area contributed by atoms with Gasteiger partial charge in [0, 0.05) is 28.6 Å². The molecule has 0 spiro atoms. The number of rotatable bonds is 4. The van der Waals surface area contributed by atoms with Crippen molar-refractivity contribution in [3.05, 3.63) is 59.1 Å². The molecule has 2 aliphatic rings. The number of para-hydroxylation sites is 1. The number of aromatic nitrogens is 1. The Labute approximate surface area is 198 Å². The summed E-state index contributed by atoms with van der Waals surface area (Å²) >= 11 is 5.90. The van der Waals surface area contributed by atoms with Gasteiger partial charge in [0.2, 0.25) is 5.88 Å². The highest BCUT2D eigenvalue weighted by Gasteiger charge is 2.49. The first-order chi connectivity index (χ1) is 15.6. The number of amides is 1. The lowest BCUT2D eigenvalue weighted by molar-refractivity contribution is 0.0995. The van der Waals surface area contributed by atoms with E-state index in [2.05, 4.69) is 35.9 Å². The molecular formula is C26H29ClN4O2. The molecule has 2 aromatic carbocycles. The molecule has 1 amide bonds. The van der Waals surface area contributed by atoms with E-state index < -0.39 is 5.91 Å². The van der Waals surface area contributed by atoms with Crippen LogP contribution in [0.25, 0.3) is 10.9 Å². The molecule has 1 N–H and O–H groups in total. The zero-order valence-electron chi connectivity index (χ0n) is 19.3. The van der Waals surface area contributed by atoms with Crippen LogP contribution in [0.1, 0.15) is 50.4 Å². The number of aromatic hydroxyl groups is 1. The maximum Gasteiger partial charge on any atom is 0.295 e. The van der Waals surface area contributed by atoms with Crippen LogP contribution in [0.5, 0.6) is 5.88 Å². The van der Waals surface area contributed by atoms with Gasteiger partial charge < -0.3 is 5.11 Å². The predicted molar refractivity (Wildman–Crippen MR) is 130 cm³/mol. The van der Waals surface area contributed by atoms with Gasteiger partial charge in [0.1, 0.15) is 0 Å². The van der Waals surface area contributed by atoms with Gasteiger partial charge in [0.15, 0.2) is 5.69 Å². The number of halogens is 1. The Morgan fingerprint density at radius 1 is 1.12 bits per heavy atom. The topological polar surface area (TPSA) is 70.2 Å². The van der Waals surface area contributed by atoms with Crippen molar-refractivity contribution in [1.29, 1.82) is 0 Å². The molecule has 3 aromatic rings. The second-order valence-corrected chi connectivity index (χ2v) is 11.2. The first-order valence-corrected chi connectivity index (χ1v) is 11.8. The van der Waals surface area contributed by atoms with E-state index in [1.165, 1.54) is 12.8 Å². The molecule has 2 atom stereocenters. The van der Waals surface area contributed by atoms with Crippen LogP contribution in [0, 0.1) is 10.8 Å². The molecule has 2 fully saturated rings. The molecule has 172 valence electrons. The quantitative estimate of drug-likeness (QED) is 0.432. The Balaban J connectivity index is 1.46. The molecule has 1 saturated carbocycles. The summed E-state index contributed by atoms with van der Waals surface area (Å²) in [4.78, 5) is 15.0. The summed E-state index contributed by atoms with van der Waals surface area (Å²) in [5, 5.41) is 20.6. The second kappa shape index (κ2) is 7.96. The molecule has 6 nitrogen and oxygen atoms in total. The Morgan fingerprint density at radius 3 is 2.61 bits per heavy atom.